The summed E-state index contributed by atoms with van der Waals surface area (Å²) in [6, 6.07) is 5.78. The van der Waals surface area contributed by atoms with Crippen molar-refractivity contribution in [1.82, 2.24) is 4.98 Å². The average Bonchev–Trinajstić information content (AvgIpc) is 2.70. The summed E-state index contributed by atoms with van der Waals surface area (Å²) in [5.74, 6) is 0.833. The zero-order valence-electron chi connectivity index (χ0n) is 8.84. The highest BCUT2D eigenvalue weighted by Crippen LogP contribution is 2.26. The highest BCUT2D eigenvalue weighted by Gasteiger charge is 2.02. The van der Waals surface area contributed by atoms with Gasteiger partial charge in [-0.15, -0.1) is 11.3 Å². The lowest BCUT2D eigenvalue weighted by atomic mass is 10.3. The fraction of sp³-hybridized carbons (Fsp3) is 0.167. The molecule has 0 radical (unpaired) electrons. The Labute approximate surface area is 97.4 Å². The monoisotopic (exact) mass is 233 g/mol. The van der Waals surface area contributed by atoms with Crippen molar-refractivity contribution in [3.05, 3.63) is 29.3 Å². The van der Waals surface area contributed by atoms with Crippen molar-refractivity contribution in [1.29, 1.82) is 0 Å². The number of nitrogens with zero attached hydrogens (tertiary/aromatic N) is 1. The van der Waals surface area contributed by atoms with E-state index in [1.165, 1.54) is 0 Å². The second-order valence-electron chi connectivity index (χ2n) is 3.19. The minimum atomic E-state index is 0.430. The minimum Gasteiger partial charge on any atom is -0.497 e. The number of hydrogen-bond acceptors (Lipinski definition) is 4. The van der Waals surface area contributed by atoms with Crippen molar-refractivity contribution in [2.75, 3.05) is 7.11 Å². The first-order chi connectivity index (χ1) is 7.83. The molecule has 0 unspecified atom stereocenters. The van der Waals surface area contributed by atoms with Crippen molar-refractivity contribution in [2.45, 2.75) is 6.42 Å². The number of benzene rings is 1. The Morgan fingerprint density at radius 2 is 2.38 bits per heavy atom. The molecule has 1 aromatic carbocycles. The molecular weight excluding hydrogens is 222 g/mol. The lowest BCUT2D eigenvalue weighted by Gasteiger charge is -1.96. The Bertz CT molecular complexity index is 531. The predicted octanol–water partition coefficient (Wildman–Crippen LogP) is 2.91. The van der Waals surface area contributed by atoms with Crippen molar-refractivity contribution in [3.8, 4) is 5.75 Å². The fourth-order valence-corrected chi connectivity index (χ4v) is 2.27. The van der Waals surface area contributed by atoms with E-state index in [4.69, 9.17) is 4.74 Å². The summed E-state index contributed by atoms with van der Waals surface area (Å²) in [4.78, 5) is 14.6. The number of methoxy groups -OCH3 is 1. The molecule has 0 aliphatic carbocycles. The summed E-state index contributed by atoms with van der Waals surface area (Å²) < 4.78 is 6.23. The summed E-state index contributed by atoms with van der Waals surface area (Å²) in [6.07, 6.45) is 4.97. The third-order valence-electron chi connectivity index (χ3n) is 2.10. The molecule has 82 valence electrons. The van der Waals surface area contributed by atoms with Crippen LogP contribution in [0.5, 0.6) is 5.75 Å². The van der Waals surface area contributed by atoms with Gasteiger partial charge in [0.05, 0.1) is 17.3 Å². The van der Waals surface area contributed by atoms with E-state index in [1.807, 2.05) is 30.4 Å². The molecule has 0 aliphatic rings. The van der Waals surface area contributed by atoms with Gasteiger partial charge >= 0.3 is 0 Å². The molecule has 0 bridgehead atoms. The quantitative estimate of drug-likeness (QED) is 0.762. The van der Waals surface area contributed by atoms with Gasteiger partial charge in [0, 0.05) is 6.42 Å². The normalized spacial score (nSPS) is 11.1. The van der Waals surface area contributed by atoms with Crippen LogP contribution in [-0.2, 0) is 4.79 Å². The maximum Gasteiger partial charge on any atom is 0.123 e. The third kappa shape index (κ3) is 2.28. The molecule has 0 amide bonds. The van der Waals surface area contributed by atoms with Crippen LogP contribution in [0.15, 0.2) is 24.3 Å². The van der Waals surface area contributed by atoms with E-state index >= 15 is 0 Å². The Morgan fingerprint density at radius 1 is 1.50 bits per heavy atom. The molecule has 0 fully saturated rings. The molecule has 16 heavy (non-hydrogen) atoms. The van der Waals surface area contributed by atoms with Crippen LogP contribution in [0.2, 0.25) is 0 Å². The largest absolute Gasteiger partial charge is 0.497 e. The number of carbonyl (C=O) groups excluding carboxylic acids is 1. The molecule has 0 atom stereocenters. The van der Waals surface area contributed by atoms with E-state index < -0.39 is 0 Å². The SMILES string of the molecule is COc1ccc2nc(C=CCC=O)sc2c1. The van der Waals surface area contributed by atoms with Gasteiger partial charge in [0.15, 0.2) is 0 Å². The second kappa shape index (κ2) is 4.90. The summed E-state index contributed by atoms with van der Waals surface area (Å²) >= 11 is 1.58. The smallest absolute Gasteiger partial charge is 0.123 e. The van der Waals surface area contributed by atoms with Gasteiger partial charge in [-0.2, -0.15) is 0 Å². The fourth-order valence-electron chi connectivity index (χ4n) is 1.35. The number of allylic oxidation sites excluding steroid dienone is 1. The maximum absolute atomic E-state index is 10.2. The highest BCUT2D eigenvalue weighted by atomic mass is 32.1. The van der Waals surface area contributed by atoms with Crippen molar-refractivity contribution in [2.24, 2.45) is 0 Å². The van der Waals surface area contributed by atoms with Gasteiger partial charge < -0.3 is 9.53 Å². The number of rotatable bonds is 4. The first-order valence-corrected chi connectivity index (χ1v) is 5.70. The van der Waals surface area contributed by atoms with Gasteiger partial charge in [-0.3, -0.25) is 0 Å². The zero-order chi connectivity index (χ0) is 11.4. The van der Waals surface area contributed by atoms with Crippen molar-refractivity contribution < 1.29 is 9.53 Å². The molecule has 2 aromatic rings. The Hall–Kier alpha value is -1.68. The van der Waals surface area contributed by atoms with E-state index in [0.717, 1.165) is 27.3 Å². The molecule has 2 rings (SSSR count). The van der Waals surface area contributed by atoms with Gasteiger partial charge in [0.2, 0.25) is 0 Å². The van der Waals surface area contributed by atoms with Gasteiger partial charge in [0.1, 0.15) is 17.0 Å². The zero-order valence-corrected chi connectivity index (χ0v) is 9.66. The van der Waals surface area contributed by atoms with E-state index in [-0.39, 0.29) is 0 Å². The van der Waals surface area contributed by atoms with Crippen LogP contribution in [0, 0.1) is 0 Å². The van der Waals surface area contributed by atoms with E-state index in [1.54, 1.807) is 18.4 Å². The number of carbonyl (C=O) groups is 1. The highest BCUT2D eigenvalue weighted by molar-refractivity contribution is 7.19. The molecular formula is C12H11NO2S. The predicted molar refractivity (Wildman–Crippen MR) is 65.9 cm³/mol. The minimum absolute atomic E-state index is 0.430. The van der Waals surface area contributed by atoms with Crippen LogP contribution < -0.4 is 4.74 Å². The molecule has 0 saturated carbocycles. The van der Waals surface area contributed by atoms with Gasteiger partial charge in [0.25, 0.3) is 0 Å². The van der Waals surface area contributed by atoms with Crippen LogP contribution >= 0.6 is 11.3 Å². The molecule has 0 spiro atoms. The Kier molecular flexibility index (Phi) is 3.31. The molecule has 1 aromatic heterocycles. The molecule has 1 heterocycles. The van der Waals surface area contributed by atoms with E-state index in [9.17, 15) is 4.79 Å². The third-order valence-corrected chi connectivity index (χ3v) is 3.09. The van der Waals surface area contributed by atoms with E-state index in [0.29, 0.717) is 6.42 Å². The summed E-state index contributed by atoms with van der Waals surface area (Å²) in [5.41, 5.74) is 0.955. The lowest BCUT2D eigenvalue weighted by Crippen LogP contribution is -1.80. The Morgan fingerprint density at radius 3 is 3.12 bits per heavy atom. The lowest BCUT2D eigenvalue weighted by molar-refractivity contribution is -0.107. The molecule has 0 aliphatic heterocycles. The number of fused-ring (bicyclic) bond motifs is 1. The average molecular weight is 233 g/mol. The second-order valence-corrected chi connectivity index (χ2v) is 4.25. The van der Waals surface area contributed by atoms with Crippen LogP contribution in [-0.4, -0.2) is 18.4 Å². The van der Waals surface area contributed by atoms with Crippen molar-refractivity contribution in [3.63, 3.8) is 0 Å². The number of aldehydes is 1. The number of aromatic nitrogens is 1. The maximum atomic E-state index is 10.2. The van der Waals surface area contributed by atoms with Gasteiger partial charge in [-0.05, 0) is 24.3 Å². The molecule has 4 heteroatoms. The number of hydrogen-bond donors (Lipinski definition) is 0. The van der Waals surface area contributed by atoms with Gasteiger partial charge in [-0.25, -0.2) is 4.98 Å². The van der Waals surface area contributed by atoms with Gasteiger partial charge in [-0.1, -0.05) is 6.08 Å². The van der Waals surface area contributed by atoms with Crippen LogP contribution in [0.3, 0.4) is 0 Å². The first-order valence-electron chi connectivity index (χ1n) is 4.88. The summed E-state index contributed by atoms with van der Waals surface area (Å²) in [5, 5.41) is 0.908. The number of ether oxygens (including phenoxy) is 1. The Balaban J connectivity index is 2.32. The first kappa shape index (κ1) is 10.8. The van der Waals surface area contributed by atoms with Crippen LogP contribution in [0.4, 0.5) is 0 Å². The van der Waals surface area contributed by atoms with E-state index in [2.05, 4.69) is 4.98 Å². The van der Waals surface area contributed by atoms with Crippen LogP contribution in [0.25, 0.3) is 16.3 Å². The number of thiazole rings is 1. The summed E-state index contributed by atoms with van der Waals surface area (Å²) in [7, 11) is 1.65. The molecule has 3 nitrogen and oxygen atoms in total. The topological polar surface area (TPSA) is 39.2 Å². The summed E-state index contributed by atoms with van der Waals surface area (Å²) in [6.45, 7) is 0. The molecule has 0 N–H and O–H groups in total. The molecule has 0 saturated heterocycles. The standard InChI is InChI=1S/C12H11NO2S/c1-15-9-5-6-10-11(8-9)16-12(13-10)4-2-3-7-14/h2,4-8H,3H2,1H3. The van der Waals surface area contributed by atoms with Crippen LogP contribution in [0.1, 0.15) is 11.4 Å². The van der Waals surface area contributed by atoms with Crippen molar-refractivity contribution >= 4 is 33.9 Å².